The molecule has 0 saturated heterocycles. The SMILES string of the molecule is FC(F)(F)c1cc([B-](c2cc(C(F)(F)F)cc(C(F)(F)F)c2)(c2cc(C(F)(F)F)cc(C(F)(F)F)c2)c2cc(C(F)(F)F)cc(C(F)(F)F)c2)cc(C(F)(F)F)c1.O=C(C[n+]1ccnc(Oc2c3ccccc3cc3ccccc23)c1)c1ccccc1. The topological polar surface area (TPSA) is 43.1 Å². The molecule has 0 amide bonds. The Bertz CT molecular complexity index is 3540. The summed E-state index contributed by atoms with van der Waals surface area (Å²) in [5, 5.41) is 4.26. The van der Waals surface area contributed by atoms with Crippen LogP contribution in [0.1, 0.15) is 54.9 Å². The first-order valence-corrected chi connectivity index (χ1v) is 24.4. The van der Waals surface area contributed by atoms with Gasteiger partial charge in [0.15, 0.2) is 6.20 Å². The second-order valence-electron chi connectivity index (χ2n) is 19.3. The number of Topliss-reactive ketones (excluding diaryl/α,β-unsaturated/α-hetero) is 1. The number of hydrogen-bond acceptors (Lipinski definition) is 3. The third-order valence-electron chi connectivity index (χ3n) is 13.5. The summed E-state index contributed by atoms with van der Waals surface area (Å²) in [6.07, 6.45) is -49.6. The van der Waals surface area contributed by atoms with Crippen molar-refractivity contribution in [3.63, 3.8) is 0 Å². The molecule has 87 heavy (non-hydrogen) atoms. The van der Waals surface area contributed by atoms with Gasteiger partial charge < -0.3 is 4.74 Å². The Morgan fingerprint density at radius 3 is 0.966 bits per heavy atom. The number of fused-ring (bicyclic) bond motifs is 2. The maximum Gasteiger partial charge on any atom is 0.416 e. The lowest BCUT2D eigenvalue weighted by molar-refractivity contribution is -0.683. The average molecular weight is 1250 g/mol. The molecule has 0 spiro atoms. The van der Waals surface area contributed by atoms with Crippen molar-refractivity contribution >= 4 is 55.3 Å². The number of alkyl halides is 24. The van der Waals surface area contributed by atoms with Crippen LogP contribution in [-0.2, 0) is 56.0 Å². The van der Waals surface area contributed by atoms with Gasteiger partial charge >= 0.3 is 49.4 Å². The zero-order valence-electron chi connectivity index (χ0n) is 42.8. The summed E-state index contributed by atoms with van der Waals surface area (Å²) in [6, 6.07) is 18.9. The number of nitrogens with zero attached hydrogens (tertiary/aromatic N) is 2. The first kappa shape index (κ1) is 64.2. The molecular formula is C58H31BF24N2O2. The number of ether oxygens (including phenoxy) is 1. The molecule has 0 aliphatic heterocycles. The van der Waals surface area contributed by atoms with Crippen LogP contribution in [0.2, 0.25) is 0 Å². The first-order valence-electron chi connectivity index (χ1n) is 24.4. The molecule has 0 N–H and O–H groups in total. The van der Waals surface area contributed by atoms with E-state index in [1.807, 2.05) is 66.7 Å². The second kappa shape index (κ2) is 22.8. The molecule has 8 aromatic carbocycles. The van der Waals surface area contributed by atoms with E-state index in [9.17, 15) is 110 Å². The average Bonchev–Trinajstić information content (AvgIpc) is 0.759. The molecule has 0 aliphatic carbocycles. The van der Waals surface area contributed by atoms with Gasteiger partial charge in [-0.3, -0.25) is 4.79 Å². The Kier molecular flexibility index (Phi) is 16.8. The van der Waals surface area contributed by atoms with Crippen LogP contribution >= 0.6 is 0 Å². The predicted octanol–water partition coefficient (Wildman–Crippen LogP) is 16.6. The highest BCUT2D eigenvalue weighted by Gasteiger charge is 2.47. The van der Waals surface area contributed by atoms with Gasteiger partial charge in [-0.05, 0) is 41.1 Å². The molecule has 0 saturated carbocycles. The van der Waals surface area contributed by atoms with Crippen LogP contribution in [0.3, 0.4) is 0 Å². The van der Waals surface area contributed by atoms with Crippen LogP contribution in [0.15, 0.2) is 176 Å². The molecule has 1 aromatic heterocycles. The van der Waals surface area contributed by atoms with Gasteiger partial charge in [-0.25, -0.2) is 4.98 Å². The number of benzene rings is 8. The van der Waals surface area contributed by atoms with Crippen molar-refractivity contribution in [2.45, 2.75) is 56.0 Å². The Morgan fingerprint density at radius 2 is 0.667 bits per heavy atom. The van der Waals surface area contributed by atoms with E-state index < -0.39 is 195 Å². The summed E-state index contributed by atoms with van der Waals surface area (Å²) in [4.78, 5) is 16.9. The van der Waals surface area contributed by atoms with E-state index in [1.165, 1.54) is 0 Å². The highest BCUT2D eigenvalue weighted by Crippen LogP contribution is 2.42. The maximum atomic E-state index is 14.2. The summed E-state index contributed by atoms with van der Waals surface area (Å²) in [5.74, 6) is 1.25. The maximum absolute atomic E-state index is 14.2. The molecule has 29 heteroatoms. The van der Waals surface area contributed by atoms with Crippen LogP contribution in [0, 0.1) is 0 Å². The second-order valence-corrected chi connectivity index (χ2v) is 19.3. The van der Waals surface area contributed by atoms with Gasteiger partial charge in [-0.15, -0.1) is 0 Å². The molecule has 456 valence electrons. The van der Waals surface area contributed by atoms with Gasteiger partial charge in [0.2, 0.25) is 18.5 Å². The standard InChI is InChI=1S/C32H12BF24.C26H19N2O2/c34-25(35,36)13-1-14(26(37,38)39)6-21(5-13)33(22-7-15(27(40,41)42)2-16(8-22)28(43,44)45,23-9-17(29(46,47)48)3-18(10-23)30(49,50)51)24-11-19(31(52,53)54)4-20(12-24)32(55,56)57;29-24(19-8-2-1-3-9-19)17-28-15-14-27-25(18-28)30-26-22-12-6-4-10-20(22)16-21-11-5-7-13-23(21)26/h1-12H;1-16,18H,17H2/q-1;+1. The Balaban J connectivity index is 0.000000271. The number of carbonyl (C=O) groups is 1. The Labute approximate surface area is 472 Å². The predicted molar refractivity (Wildman–Crippen MR) is 267 cm³/mol. The van der Waals surface area contributed by atoms with E-state index in [0.29, 0.717) is 11.4 Å². The molecule has 0 radical (unpaired) electrons. The smallest absolute Gasteiger partial charge is 0.416 e. The zero-order valence-corrected chi connectivity index (χ0v) is 42.8. The highest BCUT2D eigenvalue weighted by molar-refractivity contribution is 7.20. The molecule has 0 unspecified atom stereocenters. The number of rotatable bonds is 9. The van der Waals surface area contributed by atoms with E-state index in [1.54, 1.807) is 23.2 Å². The fraction of sp³-hybridized carbons (Fsp3) is 0.155. The minimum atomic E-state index is -6.13. The van der Waals surface area contributed by atoms with Crippen molar-refractivity contribution in [1.29, 1.82) is 0 Å². The van der Waals surface area contributed by atoms with Crippen molar-refractivity contribution in [2.75, 3.05) is 0 Å². The Hall–Kier alpha value is -8.79. The number of carbonyl (C=O) groups excluding carboxylic acids is 1. The zero-order chi connectivity index (χ0) is 64.3. The van der Waals surface area contributed by atoms with Crippen LogP contribution in [0.4, 0.5) is 105 Å². The summed E-state index contributed by atoms with van der Waals surface area (Å²) in [7, 11) is 0. The van der Waals surface area contributed by atoms with Crippen molar-refractivity contribution in [3.05, 3.63) is 226 Å². The minimum absolute atomic E-state index is 0.0355. The number of ketones is 1. The van der Waals surface area contributed by atoms with Gasteiger partial charge in [0.1, 0.15) is 11.9 Å². The van der Waals surface area contributed by atoms with E-state index in [2.05, 4.69) is 23.2 Å². The van der Waals surface area contributed by atoms with E-state index >= 15 is 0 Å². The lowest BCUT2D eigenvalue weighted by Gasteiger charge is -2.46. The first-order chi connectivity index (χ1) is 40.0. The minimum Gasteiger partial charge on any atom is -0.433 e. The molecule has 0 atom stereocenters. The molecule has 0 fully saturated rings. The van der Waals surface area contributed by atoms with Gasteiger partial charge in [0.05, 0.1) is 50.7 Å². The van der Waals surface area contributed by atoms with Crippen LogP contribution in [-0.4, -0.2) is 16.9 Å². The molecule has 4 nitrogen and oxygen atoms in total. The number of halogens is 24. The fourth-order valence-corrected chi connectivity index (χ4v) is 9.70. The quantitative estimate of drug-likeness (QED) is 0.0476. The van der Waals surface area contributed by atoms with Crippen molar-refractivity contribution in [2.24, 2.45) is 0 Å². The molecule has 0 aliphatic rings. The van der Waals surface area contributed by atoms with Crippen LogP contribution in [0.5, 0.6) is 11.6 Å². The molecule has 1 heterocycles. The number of aromatic nitrogens is 2. The van der Waals surface area contributed by atoms with E-state index in [0.717, 1.165) is 27.3 Å². The van der Waals surface area contributed by atoms with Crippen LogP contribution in [0.25, 0.3) is 21.5 Å². The monoisotopic (exact) mass is 1250 g/mol. The van der Waals surface area contributed by atoms with Gasteiger partial charge in [-0.2, -0.15) is 132 Å². The van der Waals surface area contributed by atoms with Crippen molar-refractivity contribution in [1.82, 2.24) is 4.98 Å². The lowest BCUT2D eigenvalue weighted by Crippen LogP contribution is -2.75. The third kappa shape index (κ3) is 14.2. The van der Waals surface area contributed by atoms with Crippen LogP contribution < -0.4 is 31.2 Å². The molecule has 0 bridgehead atoms. The summed E-state index contributed by atoms with van der Waals surface area (Å²) in [6.45, 7) is 0.221. The Morgan fingerprint density at radius 1 is 0.379 bits per heavy atom. The van der Waals surface area contributed by atoms with Gasteiger partial charge in [-0.1, -0.05) is 127 Å². The molecule has 9 aromatic rings. The highest BCUT2D eigenvalue weighted by atomic mass is 19.4. The van der Waals surface area contributed by atoms with E-state index in [-0.39, 0.29) is 12.3 Å². The summed E-state index contributed by atoms with van der Waals surface area (Å²) >= 11 is 0. The van der Waals surface area contributed by atoms with E-state index in [4.69, 9.17) is 4.74 Å². The van der Waals surface area contributed by atoms with Crippen molar-refractivity contribution < 1.29 is 119 Å². The normalized spacial score (nSPS) is 13.1. The van der Waals surface area contributed by atoms with Crippen molar-refractivity contribution in [3.8, 4) is 11.6 Å². The summed E-state index contributed by atoms with van der Waals surface area (Å²) in [5.41, 5.74) is -29.5. The number of hydrogen-bond donors (Lipinski definition) is 0. The molecule has 9 rings (SSSR count). The fourth-order valence-electron chi connectivity index (χ4n) is 9.70. The molecular weight excluding hydrogens is 1220 g/mol. The van der Waals surface area contributed by atoms with Gasteiger partial charge in [0.25, 0.3) is 5.88 Å². The van der Waals surface area contributed by atoms with Gasteiger partial charge in [0, 0.05) is 16.3 Å². The largest absolute Gasteiger partial charge is 0.433 e. The summed E-state index contributed by atoms with van der Waals surface area (Å²) < 4.78 is 349. The third-order valence-corrected chi connectivity index (χ3v) is 13.5. The lowest BCUT2D eigenvalue weighted by atomic mass is 9.12.